The topological polar surface area (TPSA) is 71.2 Å². The number of carbonyl (C=O) groups excluding carboxylic acids is 1. The first kappa shape index (κ1) is 22.4. The molecule has 2 atom stereocenters. The quantitative estimate of drug-likeness (QED) is 0.509. The molecule has 3 aromatic rings. The van der Waals surface area contributed by atoms with Crippen LogP contribution in [0.3, 0.4) is 0 Å². The number of halogens is 1. The first-order valence-electron chi connectivity index (χ1n) is 12.2. The van der Waals surface area contributed by atoms with Gasteiger partial charge in [-0.3, -0.25) is 4.79 Å². The van der Waals surface area contributed by atoms with Gasteiger partial charge in [0.2, 0.25) is 5.95 Å². The zero-order valence-electron chi connectivity index (χ0n) is 19.8. The van der Waals surface area contributed by atoms with Gasteiger partial charge in [0.1, 0.15) is 5.82 Å². The summed E-state index contributed by atoms with van der Waals surface area (Å²) in [6.07, 6.45) is 3.23. The van der Waals surface area contributed by atoms with E-state index >= 15 is 0 Å². The molecule has 0 radical (unpaired) electrons. The zero-order valence-corrected chi connectivity index (χ0v) is 19.8. The van der Waals surface area contributed by atoms with E-state index in [9.17, 15) is 9.18 Å². The van der Waals surface area contributed by atoms with Crippen molar-refractivity contribution >= 4 is 17.4 Å². The van der Waals surface area contributed by atoms with E-state index in [4.69, 9.17) is 5.73 Å². The van der Waals surface area contributed by atoms with Crippen LogP contribution in [0.25, 0.3) is 22.3 Å². The number of anilines is 2. The molecule has 0 bridgehead atoms. The largest absolute Gasteiger partial charge is 0.383 e. The van der Waals surface area contributed by atoms with Gasteiger partial charge in [0.15, 0.2) is 0 Å². The van der Waals surface area contributed by atoms with Gasteiger partial charge in [0, 0.05) is 42.0 Å². The summed E-state index contributed by atoms with van der Waals surface area (Å²) in [6, 6.07) is 15.5. The van der Waals surface area contributed by atoms with E-state index in [1.807, 2.05) is 24.3 Å². The summed E-state index contributed by atoms with van der Waals surface area (Å²) in [5, 5.41) is 2.85. The van der Waals surface area contributed by atoms with Gasteiger partial charge in [-0.25, -0.2) is 4.98 Å². The Morgan fingerprint density at radius 1 is 1.06 bits per heavy atom. The van der Waals surface area contributed by atoms with Crippen molar-refractivity contribution in [2.45, 2.75) is 33.1 Å². The molecule has 5 nitrogen and oxygen atoms in total. The molecule has 0 unspecified atom stereocenters. The minimum absolute atomic E-state index is 0.0628. The maximum absolute atomic E-state index is 14.9. The number of fused-ring (bicyclic) bond motifs is 1. The van der Waals surface area contributed by atoms with Crippen molar-refractivity contribution in [3.63, 3.8) is 0 Å². The van der Waals surface area contributed by atoms with E-state index < -0.39 is 5.95 Å². The Morgan fingerprint density at radius 2 is 1.82 bits per heavy atom. The van der Waals surface area contributed by atoms with Crippen LogP contribution in [-0.2, 0) is 6.42 Å². The first-order chi connectivity index (χ1) is 16.4. The number of hydrogen-bond acceptors (Lipinski definition) is 4. The molecule has 2 aliphatic rings. The molecular formula is C28H31FN4O. The summed E-state index contributed by atoms with van der Waals surface area (Å²) >= 11 is 0. The van der Waals surface area contributed by atoms with E-state index in [-0.39, 0.29) is 11.7 Å². The zero-order chi connectivity index (χ0) is 23.8. The summed E-state index contributed by atoms with van der Waals surface area (Å²) in [5.74, 6) is 0.916. The molecule has 2 aromatic carbocycles. The number of amides is 1. The molecule has 6 heteroatoms. The summed E-state index contributed by atoms with van der Waals surface area (Å²) in [4.78, 5) is 18.5. The second-order valence-corrected chi connectivity index (χ2v) is 9.62. The van der Waals surface area contributed by atoms with Crippen LogP contribution >= 0.6 is 0 Å². The lowest BCUT2D eigenvalue weighted by molar-refractivity contribution is 0.0946. The van der Waals surface area contributed by atoms with Crippen LogP contribution in [-0.4, -0.2) is 30.5 Å². The van der Waals surface area contributed by atoms with Gasteiger partial charge in [-0.05, 0) is 65.6 Å². The lowest BCUT2D eigenvalue weighted by atomic mass is 9.94. The Bertz CT molecular complexity index is 1220. The van der Waals surface area contributed by atoms with E-state index in [1.54, 1.807) is 12.1 Å². The van der Waals surface area contributed by atoms with Crippen LogP contribution in [0.5, 0.6) is 0 Å². The average molecular weight is 459 g/mol. The van der Waals surface area contributed by atoms with Gasteiger partial charge < -0.3 is 16.0 Å². The lowest BCUT2D eigenvalue weighted by Gasteiger charge is -2.19. The molecule has 1 fully saturated rings. The maximum atomic E-state index is 14.9. The predicted molar refractivity (Wildman–Crippen MR) is 135 cm³/mol. The SMILES string of the molecule is CCC[C@H]1CN(c2ccc(-c3cc(-c4ccc5c(c4)CCNC5=O)c(N)nc3F)cc2)C[C@H]1C. The smallest absolute Gasteiger partial charge is 0.251 e. The average Bonchev–Trinajstić information content (AvgIpc) is 3.20. The third-order valence-electron chi connectivity index (χ3n) is 7.32. The van der Waals surface area contributed by atoms with Gasteiger partial charge in [-0.2, -0.15) is 4.39 Å². The molecule has 0 aliphatic carbocycles. The van der Waals surface area contributed by atoms with Gasteiger partial charge in [0.05, 0.1) is 0 Å². The Hall–Kier alpha value is -3.41. The number of carbonyl (C=O) groups is 1. The number of hydrogen-bond donors (Lipinski definition) is 2. The second-order valence-electron chi connectivity index (χ2n) is 9.62. The highest BCUT2D eigenvalue weighted by atomic mass is 19.1. The molecule has 2 aliphatic heterocycles. The number of aromatic nitrogens is 1. The Kier molecular flexibility index (Phi) is 5.98. The lowest BCUT2D eigenvalue weighted by Crippen LogP contribution is -2.31. The van der Waals surface area contributed by atoms with Gasteiger partial charge in [0.25, 0.3) is 5.91 Å². The highest BCUT2D eigenvalue weighted by molar-refractivity contribution is 5.97. The van der Waals surface area contributed by atoms with Crippen molar-refractivity contribution in [2.24, 2.45) is 11.8 Å². The molecule has 1 aromatic heterocycles. The van der Waals surface area contributed by atoms with Crippen molar-refractivity contribution in [1.82, 2.24) is 10.3 Å². The monoisotopic (exact) mass is 458 g/mol. The first-order valence-corrected chi connectivity index (χ1v) is 12.2. The van der Waals surface area contributed by atoms with Crippen LogP contribution in [0, 0.1) is 17.8 Å². The van der Waals surface area contributed by atoms with Crippen LogP contribution in [0.2, 0.25) is 0 Å². The fourth-order valence-electron chi connectivity index (χ4n) is 5.38. The third-order valence-corrected chi connectivity index (χ3v) is 7.32. The molecular weight excluding hydrogens is 427 g/mol. The molecule has 3 heterocycles. The highest BCUT2D eigenvalue weighted by Gasteiger charge is 2.29. The van der Waals surface area contributed by atoms with Gasteiger partial charge >= 0.3 is 0 Å². The Morgan fingerprint density at radius 3 is 2.59 bits per heavy atom. The van der Waals surface area contributed by atoms with E-state index in [0.29, 0.717) is 29.2 Å². The summed E-state index contributed by atoms with van der Waals surface area (Å²) in [7, 11) is 0. The van der Waals surface area contributed by atoms with Crippen molar-refractivity contribution in [2.75, 3.05) is 30.3 Å². The minimum Gasteiger partial charge on any atom is -0.383 e. The third kappa shape index (κ3) is 4.13. The number of nitrogens with zero attached hydrogens (tertiary/aromatic N) is 2. The van der Waals surface area contributed by atoms with Crippen molar-refractivity contribution in [3.05, 3.63) is 65.6 Å². The van der Waals surface area contributed by atoms with E-state index in [2.05, 4.69) is 41.2 Å². The summed E-state index contributed by atoms with van der Waals surface area (Å²) in [6.45, 7) is 7.32. The van der Waals surface area contributed by atoms with Gasteiger partial charge in [-0.15, -0.1) is 0 Å². The van der Waals surface area contributed by atoms with Crippen molar-refractivity contribution in [1.29, 1.82) is 0 Å². The summed E-state index contributed by atoms with van der Waals surface area (Å²) < 4.78 is 14.9. The number of pyridine rings is 1. The second kappa shape index (κ2) is 9.09. The fraction of sp³-hybridized carbons (Fsp3) is 0.357. The number of nitrogen functional groups attached to an aromatic ring is 1. The number of nitrogens with one attached hydrogen (secondary N) is 1. The molecule has 1 amide bonds. The molecule has 176 valence electrons. The molecule has 1 saturated heterocycles. The summed E-state index contributed by atoms with van der Waals surface area (Å²) in [5.41, 5.74) is 11.6. The number of benzene rings is 2. The van der Waals surface area contributed by atoms with Crippen LogP contribution in [0.4, 0.5) is 15.9 Å². The standard InChI is InChI=1S/C28H31FN4O/c1-3-4-21-16-33(15-17(21)2)22-8-5-18(6-9-22)24-14-25(27(30)32-26(24)29)19-7-10-23-20(13-19)11-12-31-28(23)34/h5-10,13-14,17,21H,3-4,11-12,15-16H2,1-2H3,(H2,30,32)(H,31,34)/t17-,21+/m1/s1. The molecule has 5 rings (SSSR count). The molecule has 0 spiro atoms. The fourth-order valence-corrected chi connectivity index (χ4v) is 5.38. The van der Waals surface area contributed by atoms with Crippen LogP contribution in [0.15, 0.2) is 48.5 Å². The van der Waals surface area contributed by atoms with Crippen LogP contribution < -0.4 is 16.0 Å². The van der Waals surface area contributed by atoms with Crippen molar-refractivity contribution in [3.8, 4) is 22.3 Å². The van der Waals surface area contributed by atoms with Crippen molar-refractivity contribution < 1.29 is 9.18 Å². The minimum atomic E-state index is -0.579. The van der Waals surface area contributed by atoms with Crippen LogP contribution in [0.1, 0.15) is 42.6 Å². The normalized spacial score (nSPS) is 19.7. The molecule has 0 saturated carbocycles. The maximum Gasteiger partial charge on any atom is 0.251 e. The molecule has 34 heavy (non-hydrogen) atoms. The van der Waals surface area contributed by atoms with Gasteiger partial charge in [-0.1, -0.05) is 44.5 Å². The van der Waals surface area contributed by atoms with E-state index in [0.717, 1.165) is 42.1 Å². The molecule has 3 N–H and O–H groups in total. The highest BCUT2D eigenvalue weighted by Crippen LogP contribution is 2.35. The predicted octanol–water partition coefficient (Wildman–Crippen LogP) is 5.30. The Balaban J connectivity index is 1.44. The number of nitrogens with two attached hydrogens (primary N) is 1. The number of rotatable bonds is 5. The Labute approximate surface area is 200 Å². The van der Waals surface area contributed by atoms with E-state index in [1.165, 1.54) is 18.5 Å².